The van der Waals surface area contributed by atoms with E-state index in [-0.39, 0.29) is 88.4 Å². The van der Waals surface area contributed by atoms with Crippen LogP contribution in [-0.2, 0) is 48.5 Å². The highest BCUT2D eigenvalue weighted by molar-refractivity contribution is 7.99. The largest absolute Gasteiger partial charge is 0.501 e. The van der Waals surface area contributed by atoms with Crippen LogP contribution < -0.4 is 37.0 Å². The fourth-order valence-electron chi connectivity index (χ4n) is 10.1. The summed E-state index contributed by atoms with van der Waals surface area (Å²) in [4.78, 5) is 88.5. The summed E-state index contributed by atoms with van der Waals surface area (Å²) >= 11 is 2.91. The lowest BCUT2D eigenvalue weighted by molar-refractivity contribution is -0.144. The highest BCUT2D eigenvalue weighted by Crippen LogP contribution is 2.37. The van der Waals surface area contributed by atoms with E-state index in [2.05, 4.69) is 36.5 Å². The van der Waals surface area contributed by atoms with Crippen molar-refractivity contribution < 1.29 is 73.4 Å². The fourth-order valence-corrected chi connectivity index (χ4v) is 14.0. The molecule has 0 spiro atoms. The summed E-state index contributed by atoms with van der Waals surface area (Å²) in [6.45, 7) is 12.0. The number of aromatic nitrogens is 1. The van der Waals surface area contributed by atoms with Gasteiger partial charge in [-0.05, 0) is 91.4 Å². The number of nitrogens with two attached hydrogens (primary N) is 1. The van der Waals surface area contributed by atoms with E-state index >= 15 is 0 Å². The third kappa shape index (κ3) is 21.1. The molecule has 31 heteroatoms. The number of hydrogen-bond acceptors (Lipinski definition) is 19. The van der Waals surface area contributed by atoms with Crippen LogP contribution in [0.25, 0.3) is 10.4 Å². The maximum absolute atomic E-state index is 14.2. The smallest absolute Gasteiger partial charge is 0.399 e. The number of aliphatic hydroxyl groups is 1. The van der Waals surface area contributed by atoms with Crippen molar-refractivity contribution in [1.82, 2.24) is 45.7 Å². The third-order valence-corrected chi connectivity index (χ3v) is 20.4. The van der Waals surface area contributed by atoms with Crippen LogP contribution in [0.2, 0.25) is 0 Å². The number of aliphatic hydroxyl groups excluding tert-OH is 1. The van der Waals surface area contributed by atoms with Crippen LogP contribution >= 0.6 is 23.1 Å². The standard InChI is InChI=1S/C62H80F3N11O13S4/c1-40(42-11-13-43(14-12-42)55-41(2)69-39-91-55)70-58(81)51-35-47(77)37-76(51)59(82)56(61(3,4)5)72-54(79)22-21-53(78)67-24-31-88-33-34-89-32-25-68-60(83)75-29-27-74(28-30-75)26-23-46(38-90-48-9-7-6-8-10-48)71-50-20-19-49(36-52(50)92(84,85)62(63,64)65)93(86,87)73-57(80)44-15-17-45(66)18-16-44/h6-20,36,39-40,46-47,51,56,71,77H,21-35,37-38,66H2,1-5H3,(H,67,78)(H,68,83)(H,70,81)(H,72,79)(H,73,80)/t40-,46+,47+,51-,56+/m0/s1. The SMILES string of the molecule is Cc1ncsc1-c1ccc([C@H](C)NC(=O)[C@@H]2C[C@@H](O)CN2C(=O)[C@@H](NC(=O)CCC(=O)NCCOCCOCCNC(=O)N2CCN(CC[C@H](CSc3ccccc3)Nc3ccc(S(=O)(=O)NC(=O)c4ccc(N)cc4)cc3S(=O)(=O)C(F)(F)F)CC2)C(C)(C)C)cc1. The molecule has 9 N–H and O–H groups in total. The molecule has 93 heavy (non-hydrogen) atoms. The third-order valence-electron chi connectivity index (χ3n) is 15.4. The van der Waals surface area contributed by atoms with Crippen molar-refractivity contribution in [3.8, 4) is 10.4 Å². The van der Waals surface area contributed by atoms with Gasteiger partial charge >= 0.3 is 11.5 Å². The van der Waals surface area contributed by atoms with Gasteiger partial charge in [-0.2, -0.15) is 13.2 Å². The predicted molar refractivity (Wildman–Crippen MR) is 346 cm³/mol. The summed E-state index contributed by atoms with van der Waals surface area (Å²) in [6, 6.07) is 20.8. The molecule has 7 amide bonds. The molecule has 0 aliphatic carbocycles. The molecule has 4 aromatic carbocycles. The number of carbonyl (C=O) groups excluding carboxylic acids is 6. The van der Waals surface area contributed by atoms with Crippen molar-refractivity contribution in [1.29, 1.82) is 0 Å². The molecule has 1 aromatic heterocycles. The first kappa shape index (κ1) is 73.0. The number of hydrogen-bond donors (Lipinski definition) is 8. The number of piperazine rings is 1. The molecule has 7 rings (SSSR count). The number of benzene rings is 4. The molecule has 2 aliphatic heterocycles. The lowest BCUT2D eigenvalue weighted by Crippen LogP contribution is -2.57. The van der Waals surface area contributed by atoms with E-state index < -0.39 is 106 Å². The molecule has 5 aromatic rings. The average Bonchev–Trinajstić information content (AvgIpc) is 1.25. The summed E-state index contributed by atoms with van der Waals surface area (Å²) < 4.78 is 108. The van der Waals surface area contributed by atoms with Crippen LogP contribution in [0.5, 0.6) is 0 Å². The second kappa shape index (κ2) is 33.1. The van der Waals surface area contributed by atoms with Gasteiger partial charge < -0.3 is 56.7 Å². The van der Waals surface area contributed by atoms with Gasteiger partial charge in [-0.3, -0.25) is 28.9 Å². The Morgan fingerprint density at radius 3 is 2.09 bits per heavy atom. The van der Waals surface area contributed by atoms with Crippen molar-refractivity contribution >= 4 is 89.9 Å². The van der Waals surface area contributed by atoms with Crippen LogP contribution in [-0.4, -0.2) is 191 Å². The van der Waals surface area contributed by atoms with Gasteiger partial charge in [0.15, 0.2) is 0 Å². The zero-order valence-corrected chi connectivity index (χ0v) is 55.5. The number of anilines is 2. The zero-order chi connectivity index (χ0) is 67.7. The molecule has 2 saturated heterocycles. The number of rotatable bonds is 30. The Bertz CT molecular complexity index is 3600. The molecule has 0 bridgehead atoms. The molecule has 2 aliphatic rings. The van der Waals surface area contributed by atoms with Gasteiger partial charge in [-0.15, -0.1) is 23.1 Å². The minimum Gasteiger partial charge on any atom is -0.399 e. The Morgan fingerprint density at radius 1 is 0.817 bits per heavy atom. The Morgan fingerprint density at radius 2 is 1.46 bits per heavy atom. The second-order valence-corrected chi connectivity index (χ2v) is 29.0. The molecule has 2 fully saturated rings. The first-order chi connectivity index (χ1) is 44.0. The Labute approximate surface area is 547 Å². The van der Waals surface area contributed by atoms with Gasteiger partial charge in [0.1, 0.15) is 17.0 Å². The van der Waals surface area contributed by atoms with E-state index in [1.165, 1.54) is 40.9 Å². The van der Waals surface area contributed by atoms with Crippen molar-refractivity contribution in [2.24, 2.45) is 5.41 Å². The number of aryl methyl sites for hydroxylation is 1. The molecular weight excluding hydrogens is 1290 g/mol. The highest BCUT2D eigenvalue weighted by atomic mass is 32.2. The Kier molecular flexibility index (Phi) is 26.0. The molecule has 0 saturated carbocycles. The van der Waals surface area contributed by atoms with Gasteiger partial charge in [-0.25, -0.2) is 31.3 Å². The number of alkyl halides is 3. The number of nitrogens with zero attached hydrogens (tertiary/aromatic N) is 4. The van der Waals surface area contributed by atoms with Crippen molar-refractivity contribution in [2.45, 2.75) is 111 Å². The molecule has 24 nitrogen and oxygen atoms in total. The topological polar surface area (TPSA) is 330 Å². The van der Waals surface area contributed by atoms with E-state index in [1.54, 1.807) is 47.2 Å². The van der Waals surface area contributed by atoms with Crippen LogP contribution in [0.1, 0.15) is 81.0 Å². The van der Waals surface area contributed by atoms with Gasteiger partial charge in [0.2, 0.25) is 23.6 Å². The fraction of sp³-hybridized carbons (Fsp3) is 0.468. The van der Waals surface area contributed by atoms with Gasteiger partial charge in [-0.1, -0.05) is 63.2 Å². The molecule has 5 atom stereocenters. The number of nitrogen functional groups attached to an aromatic ring is 1. The number of β-amino-alcohol motifs (C(OH)–C–C–N with tert-alkyl or cyclic N) is 1. The van der Waals surface area contributed by atoms with E-state index in [0.29, 0.717) is 45.2 Å². The van der Waals surface area contributed by atoms with Crippen molar-refractivity contribution in [3.05, 3.63) is 119 Å². The minimum absolute atomic E-state index is 0.0283. The summed E-state index contributed by atoms with van der Waals surface area (Å²) in [7, 11) is -11.0. The van der Waals surface area contributed by atoms with Gasteiger partial charge in [0, 0.05) is 99.6 Å². The first-order valence-electron chi connectivity index (χ1n) is 30.1. The summed E-state index contributed by atoms with van der Waals surface area (Å²) in [5, 5.41) is 24.9. The number of nitrogens with one attached hydrogen (secondary N) is 6. The molecule has 3 heterocycles. The highest BCUT2D eigenvalue weighted by Gasteiger charge is 2.49. The maximum atomic E-state index is 14.2. The van der Waals surface area contributed by atoms with Crippen LogP contribution in [0, 0.1) is 12.3 Å². The minimum atomic E-state index is -6.14. The van der Waals surface area contributed by atoms with Gasteiger partial charge in [0.25, 0.3) is 25.8 Å². The van der Waals surface area contributed by atoms with Crippen molar-refractivity contribution in [2.75, 3.05) is 95.6 Å². The van der Waals surface area contributed by atoms with Crippen molar-refractivity contribution in [3.63, 3.8) is 0 Å². The number of thioether (sulfide) groups is 1. The zero-order valence-electron chi connectivity index (χ0n) is 52.2. The van der Waals surface area contributed by atoms with Crippen LogP contribution in [0.15, 0.2) is 117 Å². The quantitative estimate of drug-likeness (QED) is 0.0155. The molecule has 0 radical (unpaired) electrons. The van der Waals surface area contributed by atoms with E-state index in [1.807, 2.05) is 68.4 Å². The summed E-state index contributed by atoms with van der Waals surface area (Å²) in [5.74, 6) is -2.78. The molecule has 0 unspecified atom stereocenters. The number of sulfonamides is 1. The lowest BCUT2D eigenvalue weighted by atomic mass is 9.85. The van der Waals surface area contributed by atoms with E-state index in [0.717, 1.165) is 38.7 Å². The normalized spacial score (nSPS) is 16.6. The number of sulfone groups is 1. The van der Waals surface area contributed by atoms with E-state index in [9.17, 15) is 63.9 Å². The number of amides is 7. The van der Waals surface area contributed by atoms with Crippen LogP contribution in [0.4, 0.5) is 29.3 Å². The number of likely N-dealkylation sites (tertiary alicyclic amines) is 1. The average molecular weight is 1370 g/mol. The number of urea groups is 1. The van der Waals surface area contributed by atoms with Crippen LogP contribution in [0.3, 0.4) is 0 Å². The number of thiazole rings is 1. The molecule has 506 valence electrons. The number of halogens is 3. The number of carbonyl (C=O) groups is 6. The summed E-state index contributed by atoms with van der Waals surface area (Å²) in [5.41, 5.74) is 3.27. The Balaban J connectivity index is 0.779. The second-order valence-electron chi connectivity index (χ2n) is 23.4. The predicted octanol–water partition coefficient (Wildman–Crippen LogP) is 5.70. The Hall–Kier alpha value is -7.39. The number of ether oxygens (including phenoxy) is 2. The monoisotopic (exact) mass is 1370 g/mol. The molecular formula is C62H80F3N11O13S4. The maximum Gasteiger partial charge on any atom is 0.501 e. The lowest BCUT2D eigenvalue weighted by Gasteiger charge is -2.35. The van der Waals surface area contributed by atoms with E-state index in [4.69, 9.17) is 15.2 Å². The summed E-state index contributed by atoms with van der Waals surface area (Å²) in [6.07, 6.45) is -1.01. The van der Waals surface area contributed by atoms with Gasteiger partial charge in [0.05, 0.1) is 65.2 Å². The first-order valence-corrected chi connectivity index (χ1v) is 34.9.